The molecule has 1 heterocycles. The highest BCUT2D eigenvalue weighted by atomic mass is 16.6. The fourth-order valence-corrected chi connectivity index (χ4v) is 3.15. The zero-order valence-corrected chi connectivity index (χ0v) is 13.8. The third kappa shape index (κ3) is 4.63. The number of nitrogens with one attached hydrogen (secondary N) is 2. The summed E-state index contributed by atoms with van der Waals surface area (Å²) in [4.78, 5) is 23.9. The van der Waals surface area contributed by atoms with Gasteiger partial charge < -0.3 is 20.1 Å². The molecule has 0 spiro atoms. The first kappa shape index (κ1) is 16.6. The average Bonchev–Trinajstić information content (AvgIpc) is 2.61. The molecule has 1 aromatic rings. The molecular weight excluding hydrogens is 308 g/mol. The first-order valence-corrected chi connectivity index (χ1v) is 8.65. The largest absolute Gasteiger partial charge is 0.486 e. The summed E-state index contributed by atoms with van der Waals surface area (Å²) in [5.74, 6) is 1.08. The molecule has 3 rings (SSSR count). The van der Waals surface area contributed by atoms with Crippen molar-refractivity contribution in [2.24, 2.45) is 0 Å². The van der Waals surface area contributed by atoms with E-state index in [0.717, 1.165) is 18.4 Å². The van der Waals surface area contributed by atoms with Crippen molar-refractivity contribution in [2.45, 2.75) is 44.6 Å². The van der Waals surface area contributed by atoms with Gasteiger partial charge >= 0.3 is 0 Å². The van der Waals surface area contributed by atoms with Gasteiger partial charge in [-0.25, -0.2) is 0 Å². The van der Waals surface area contributed by atoms with Gasteiger partial charge in [-0.3, -0.25) is 9.59 Å². The van der Waals surface area contributed by atoms with Crippen molar-refractivity contribution in [3.63, 3.8) is 0 Å². The van der Waals surface area contributed by atoms with Crippen LogP contribution in [-0.2, 0) is 16.0 Å². The summed E-state index contributed by atoms with van der Waals surface area (Å²) in [6.45, 7) is 1.09. The molecule has 0 bridgehead atoms. The van der Waals surface area contributed by atoms with Gasteiger partial charge in [-0.1, -0.05) is 25.3 Å². The second-order valence-electron chi connectivity index (χ2n) is 6.33. The van der Waals surface area contributed by atoms with Crippen LogP contribution < -0.4 is 20.1 Å². The van der Waals surface area contributed by atoms with Crippen LogP contribution in [-0.4, -0.2) is 37.6 Å². The van der Waals surface area contributed by atoms with E-state index < -0.39 is 0 Å². The van der Waals surface area contributed by atoms with Crippen LogP contribution >= 0.6 is 0 Å². The molecule has 2 aliphatic rings. The second-order valence-corrected chi connectivity index (χ2v) is 6.33. The van der Waals surface area contributed by atoms with E-state index in [4.69, 9.17) is 9.47 Å². The Morgan fingerprint density at radius 3 is 2.54 bits per heavy atom. The van der Waals surface area contributed by atoms with E-state index in [0.29, 0.717) is 24.7 Å². The summed E-state index contributed by atoms with van der Waals surface area (Å²) in [5.41, 5.74) is 0.837. The van der Waals surface area contributed by atoms with Crippen molar-refractivity contribution in [3.05, 3.63) is 23.8 Å². The number of carbonyl (C=O) groups is 2. The summed E-state index contributed by atoms with van der Waals surface area (Å²) < 4.78 is 11.0. The predicted octanol–water partition coefficient (Wildman–Crippen LogP) is 1.57. The molecule has 2 N–H and O–H groups in total. The van der Waals surface area contributed by atoms with Crippen LogP contribution in [0.25, 0.3) is 0 Å². The van der Waals surface area contributed by atoms with Crippen molar-refractivity contribution in [1.82, 2.24) is 10.6 Å². The number of ether oxygens (including phenoxy) is 2. The van der Waals surface area contributed by atoms with Crippen LogP contribution in [0, 0.1) is 0 Å². The summed E-state index contributed by atoms with van der Waals surface area (Å²) in [7, 11) is 0. The summed E-state index contributed by atoms with van der Waals surface area (Å²) in [6.07, 6.45) is 5.88. The summed E-state index contributed by atoms with van der Waals surface area (Å²) in [5, 5.41) is 5.67. The van der Waals surface area contributed by atoms with Crippen LogP contribution in [0.2, 0.25) is 0 Å². The lowest BCUT2D eigenvalue weighted by Crippen LogP contribution is -2.43. The van der Waals surface area contributed by atoms with Gasteiger partial charge in [0.15, 0.2) is 11.5 Å². The van der Waals surface area contributed by atoms with E-state index in [2.05, 4.69) is 10.6 Å². The van der Waals surface area contributed by atoms with Gasteiger partial charge in [0.1, 0.15) is 13.2 Å². The van der Waals surface area contributed by atoms with Gasteiger partial charge in [0.2, 0.25) is 11.8 Å². The highest BCUT2D eigenvalue weighted by Gasteiger charge is 2.16. The Kier molecular flexibility index (Phi) is 5.56. The predicted molar refractivity (Wildman–Crippen MR) is 89.2 cm³/mol. The highest BCUT2D eigenvalue weighted by Crippen LogP contribution is 2.30. The maximum absolute atomic E-state index is 12.0. The standard InChI is InChI=1S/C18H24N2O4/c21-17(19-12-18(22)20-14-4-2-1-3-5-14)11-13-6-7-15-16(10-13)24-9-8-23-15/h6-7,10,14H,1-5,8-9,11-12H2,(H,19,21)(H,20,22). The number of hydrogen-bond donors (Lipinski definition) is 2. The molecule has 1 fully saturated rings. The van der Waals surface area contributed by atoms with Gasteiger partial charge in [-0.2, -0.15) is 0 Å². The molecule has 0 saturated heterocycles. The molecule has 0 atom stereocenters. The number of fused-ring (bicyclic) bond motifs is 1. The smallest absolute Gasteiger partial charge is 0.239 e. The van der Waals surface area contributed by atoms with Crippen molar-refractivity contribution >= 4 is 11.8 Å². The normalized spacial score (nSPS) is 17.2. The highest BCUT2D eigenvalue weighted by molar-refractivity contribution is 5.85. The van der Waals surface area contributed by atoms with Crippen LogP contribution in [0.3, 0.4) is 0 Å². The van der Waals surface area contributed by atoms with Crippen LogP contribution in [0.5, 0.6) is 11.5 Å². The number of benzene rings is 1. The molecule has 24 heavy (non-hydrogen) atoms. The Hall–Kier alpha value is -2.24. The van der Waals surface area contributed by atoms with E-state index in [1.807, 2.05) is 18.2 Å². The second kappa shape index (κ2) is 8.04. The summed E-state index contributed by atoms with van der Waals surface area (Å²) >= 11 is 0. The lowest BCUT2D eigenvalue weighted by atomic mass is 9.95. The van der Waals surface area contributed by atoms with Gasteiger partial charge in [0.25, 0.3) is 0 Å². The zero-order chi connectivity index (χ0) is 16.8. The molecule has 0 aromatic heterocycles. The molecule has 130 valence electrons. The quantitative estimate of drug-likeness (QED) is 0.858. The van der Waals surface area contributed by atoms with Crippen molar-refractivity contribution in [1.29, 1.82) is 0 Å². The molecule has 1 aliphatic carbocycles. The monoisotopic (exact) mass is 332 g/mol. The molecule has 6 heteroatoms. The van der Waals surface area contributed by atoms with Crippen LogP contribution in [0.4, 0.5) is 0 Å². The minimum Gasteiger partial charge on any atom is -0.486 e. The SMILES string of the molecule is O=C(Cc1ccc2c(c1)OCCO2)NCC(=O)NC1CCCCC1. The molecule has 0 radical (unpaired) electrons. The lowest BCUT2D eigenvalue weighted by molar-refractivity contribution is -0.126. The molecule has 2 amide bonds. The fraction of sp³-hybridized carbons (Fsp3) is 0.556. The Morgan fingerprint density at radius 1 is 1.00 bits per heavy atom. The molecule has 1 aromatic carbocycles. The van der Waals surface area contributed by atoms with Crippen LogP contribution in [0.1, 0.15) is 37.7 Å². The summed E-state index contributed by atoms with van der Waals surface area (Å²) in [6, 6.07) is 5.74. The Morgan fingerprint density at radius 2 is 1.75 bits per heavy atom. The molecule has 1 saturated carbocycles. The maximum Gasteiger partial charge on any atom is 0.239 e. The van der Waals surface area contributed by atoms with Gasteiger partial charge in [-0.15, -0.1) is 0 Å². The van der Waals surface area contributed by atoms with Crippen molar-refractivity contribution in [2.75, 3.05) is 19.8 Å². The molecular formula is C18H24N2O4. The number of carbonyl (C=O) groups excluding carboxylic acids is 2. The van der Waals surface area contributed by atoms with Gasteiger partial charge in [0, 0.05) is 6.04 Å². The van der Waals surface area contributed by atoms with E-state index >= 15 is 0 Å². The zero-order valence-electron chi connectivity index (χ0n) is 13.8. The first-order chi connectivity index (χ1) is 11.7. The third-order valence-electron chi connectivity index (χ3n) is 4.39. The van der Waals surface area contributed by atoms with E-state index in [9.17, 15) is 9.59 Å². The third-order valence-corrected chi connectivity index (χ3v) is 4.39. The Bertz CT molecular complexity index is 597. The maximum atomic E-state index is 12.0. The molecule has 6 nitrogen and oxygen atoms in total. The van der Waals surface area contributed by atoms with Gasteiger partial charge in [-0.05, 0) is 30.5 Å². The number of hydrogen-bond acceptors (Lipinski definition) is 4. The van der Waals surface area contributed by atoms with Crippen LogP contribution in [0.15, 0.2) is 18.2 Å². The minimum absolute atomic E-state index is 0.0277. The number of rotatable bonds is 5. The Labute approximate surface area is 141 Å². The number of amides is 2. The van der Waals surface area contributed by atoms with Crippen molar-refractivity contribution < 1.29 is 19.1 Å². The van der Waals surface area contributed by atoms with Crippen molar-refractivity contribution in [3.8, 4) is 11.5 Å². The topological polar surface area (TPSA) is 76.7 Å². The molecule has 0 unspecified atom stereocenters. The first-order valence-electron chi connectivity index (χ1n) is 8.65. The Balaban J connectivity index is 1.42. The van der Waals surface area contributed by atoms with Gasteiger partial charge in [0.05, 0.1) is 13.0 Å². The average molecular weight is 332 g/mol. The van der Waals surface area contributed by atoms with E-state index in [1.54, 1.807) is 0 Å². The lowest BCUT2D eigenvalue weighted by Gasteiger charge is -2.22. The minimum atomic E-state index is -0.175. The fourth-order valence-electron chi connectivity index (χ4n) is 3.15. The molecule has 1 aliphatic heterocycles. The van der Waals surface area contributed by atoms with E-state index in [-0.39, 0.29) is 30.8 Å². The van der Waals surface area contributed by atoms with E-state index in [1.165, 1.54) is 19.3 Å².